The zero-order valence-electron chi connectivity index (χ0n) is 7.53. The van der Waals surface area contributed by atoms with E-state index in [9.17, 15) is 0 Å². The summed E-state index contributed by atoms with van der Waals surface area (Å²) in [6.45, 7) is 1.90. The van der Waals surface area contributed by atoms with Gasteiger partial charge in [0.1, 0.15) is 0 Å². The van der Waals surface area contributed by atoms with E-state index in [4.69, 9.17) is 21.8 Å². The van der Waals surface area contributed by atoms with Gasteiger partial charge < -0.3 is 10.2 Å². The van der Waals surface area contributed by atoms with Crippen molar-refractivity contribution >= 4 is 22.9 Å². The van der Waals surface area contributed by atoms with Crippen molar-refractivity contribution in [2.45, 2.75) is 13.0 Å². The number of rotatable bonds is 2. The van der Waals surface area contributed by atoms with Crippen molar-refractivity contribution in [3.63, 3.8) is 0 Å². The lowest BCUT2D eigenvalue weighted by molar-refractivity contribution is 0.583. The van der Waals surface area contributed by atoms with Crippen molar-refractivity contribution in [3.8, 4) is 10.8 Å². The molecule has 2 aromatic heterocycles. The molecule has 2 N–H and O–H groups in total. The van der Waals surface area contributed by atoms with E-state index in [-0.39, 0.29) is 6.04 Å². The van der Waals surface area contributed by atoms with E-state index in [2.05, 4.69) is 4.98 Å². The van der Waals surface area contributed by atoms with E-state index in [0.717, 1.165) is 10.7 Å². The molecule has 0 aliphatic rings. The van der Waals surface area contributed by atoms with Gasteiger partial charge in [-0.3, -0.25) is 0 Å². The SMILES string of the molecule is CC(N)c1csc(-c2ccc(Cl)o2)n1. The molecule has 0 spiro atoms. The Balaban J connectivity index is 2.33. The molecule has 0 aliphatic carbocycles. The number of furan rings is 1. The van der Waals surface area contributed by atoms with E-state index in [0.29, 0.717) is 11.0 Å². The third kappa shape index (κ3) is 1.82. The van der Waals surface area contributed by atoms with E-state index >= 15 is 0 Å². The number of hydrogen-bond donors (Lipinski definition) is 1. The Morgan fingerprint density at radius 3 is 2.86 bits per heavy atom. The van der Waals surface area contributed by atoms with Crippen LogP contribution in [0.5, 0.6) is 0 Å². The van der Waals surface area contributed by atoms with E-state index in [1.165, 1.54) is 11.3 Å². The van der Waals surface area contributed by atoms with Crippen LogP contribution < -0.4 is 5.73 Å². The summed E-state index contributed by atoms with van der Waals surface area (Å²) in [7, 11) is 0. The predicted molar refractivity (Wildman–Crippen MR) is 57.4 cm³/mol. The van der Waals surface area contributed by atoms with Crippen molar-refractivity contribution in [3.05, 3.63) is 28.4 Å². The van der Waals surface area contributed by atoms with Crippen LogP contribution in [0.4, 0.5) is 0 Å². The first-order valence-electron chi connectivity index (χ1n) is 4.13. The molecule has 3 nitrogen and oxygen atoms in total. The maximum Gasteiger partial charge on any atom is 0.194 e. The average molecular weight is 229 g/mol. The molecule has 2 rings (SSSR count). The van der Waals surface area contributed by atoms with Crippen molar-refractivity contribution in [1.82, 2.24) is 4.98 Å². The highest BCUT2D eigenvalue weighted by atomic mass is 35.5. The zero-order chi connectivity index (χ0) is 10.1. The maximum absolute atomic E-state index is 5.70. The summed E-state index contributed by atoms with van der Waals surface area (Å²) in [5.74, 6) is 0.687. The van der Waals surface area contributed by atoms with Crippen molar-refractivity contribution < 1.29 is 4.42 Å². The van der Waals surface area contributed by atoms with Crippen LogP contribution in [-0.4, -0.2) is 4.98 Å². The van der Waals surface area contributed by atoms with Crippen molar-refractivity contribution in [1.29, 1.82) is 0 Å². The van der Waals surface area contributed by atoms with Crippen LogP contribution in [0.2, 0.25) is 5.22 Å². The Labute approximate surface area is 90.5 Å². The molecule has 0 aliphatic heterocycles. The molecule has 0 amide bonds. The van der Waals surface area contributed by atoms with Gasteiger partial charge in [0.25, 0.3) is 0 Å². The summed E-state index contributed by atoms with van der Waals surface area (Å²) in [5.41, 5.74) is 6.57. The second kappa shape index (κ2) is 3.73. The summed E-state index contributed by atoms with van der Waals surface area (Å²) in [6.07, 6.45) is 0. The van der Waals surface area contributed by atoms with Crippen LogP contribution in [0.1, 0.15) is 18.7 Å². The van der Waals surface area contributed by atoms with Crippen LogP contribution >= 0.6 is 22.9 Å². The Morgan fingerprint density at radius 2 is 2.36 bits per heavy atom. The van der Waals surface area contributed by atoms with Crippen LogP contribution in [0.15, 0.2) is 21.9 Å². The number of nitrogens with two attached hydrogens (primary N) is 1. The minimum Gasteiger partial charge on any atom is -0.442 e. The van der Waals surface area contributed by atoms with Gasteiger partial charge in [0.2, 0.25) is 0 Å². The molecule has 0 bridgehead atoms. The molecule has 0 radical (unpaired) electrons. The minimum atomic E-state index is -0.0505. The van der Waals surface area contributed by atoms with Gasteiger partial charge >= 0.3 is 0 Å². The summed E-state index contributed by atoms with van der Waals surface area (Å²) in [5, 5.41) is 3.11. The Bertz CT molecular complexity index is 435. The van der Waals surface area contributed by atoms with Gasteiger partial charge in [-0.05, 0) is 30.7 Å². The largest absolute Gasteiger partial charge is 0.442 e. The fourth-order valence-corrected chi connectivity index (χ4v) is 2.07. The topological polar surface area (TPSA) is 52.0 Å². The molecule has 0 fully saturated rings. The highest BCUT2D eigenvalue weighted by Gasteiger charge is 2.10. The highest BCUT2D eigenvalue weighted by molar-refractivity contribution is 7.13. The number of aromatic nitrogens is 1. The second-order valence-electron chi connectivity index (χ2n) is 2.97. The van der Waals surface area contributed by atoms with Crippen LogP contribution in [0.3, 0.4) is 0 Å². The van der Waals surface area contributed by atoms with E-state index < -0.39 is 0 Å². The van der Waals surface area contributed by atoms with Gasteiger partial charge in [0.05, 0.1) is 5.69 Å². The lowest BCUT2D eigenvalue weighted by Crippen LogP contribution is -2.04. The van der Waals surface area contributed by atoms with Crippen molar-refractivity contribution in [2.75, 3.05) is 0 Å². The maximum atomic E-state index is 5.70. The van der Waals surface area contributed by atoms with Gasteiger partial charge in [-0.2, -0.15) is 0 Å². The van der Waals surface area contributed by atoms with E-state index in [1.54, 1.807) is 12.1 Å². The molecule has 74 valence electrons. The molecular weight excluding hydrogens is 220 g/mol. The Hall–Kier alpha value is -0.840. The van der Waals surface area contributed by atoms with Gasteiger partial charge in [-0.25, -0.2) is 4.98 Å². The van der Waals surface area contributed by atoms with Crippen LogP contribution in [0.25, 0.3) is 10.8 Å². The third-order valence-corrected chi connectivity index (χ3v) is 2.85. The summed E-state index contributed by atoms with van der Waals surface area (Å²) in [6, 6.07) is 3.45. The fourth-order valence-electron chi connectivity index (χ4n) is 1.04. The monoisotopic (exact) mass is 228 g/mol. The standard InChI is InChI=1S/C9H9ClN2OS/c1-5(11)6-4-14-9(12-6)7-2-3-8(10)13-7/h2-5H,11H2,1H3. The number of nitrogens with zero attached hydrogens (tertiary/aromatic N) is 1. The summed E-state index contributed by atoms with van der Waals surface area (Å²) < 4.78 is 5.24. The first-order chi connectivity index (χ1) is 6.66. The smallest absolute Gasteiger partial charge is 0.194 e. The van der Waals surface area contributed by atoms with E-state index in [1.807, 2.05) is 12.3 Å². The van der Waals surface area contributed by atoms with Gasteiger partial charge in [0, 0.05) is 11.4 Å². The quantitative estimate of drug-likeness (QED) is 0.860. The van der Waals surface area contributed by atoms with Crippen LogP contribution in [0, 0.1) is 0 Å². The number of halogens is 1. The molecule has 14 heavy (non-hydrogen) atoms. The molecular formula is C9H9ClN2OS. The number of hydrogen-bond acceptors (Lipinski definition) is 4. The summed E-state index contributed by atoms with van der Waals surface area (Å²) in [4.78, 5) is 4.33. The molecule has 5 heteroatoms. The highest BCUT2D eigenvalue weighted by Crippen LogP contribution is 2.28. The van der Waals surface area contributed by atoms with Gasteiger partial charge in [-0.15, -0.1) is 11.3 Å². The Morgan fingerprint density at radius 1 is 1.57 bits per heavy atom. The minimum absolute atomic E-state index is 0.0505. The third-order valence-electron chi connectivity index (χ3n) is 1.77. The first-order valence-corrected chi connectivity index (χ1v) is 5.39. The first kappa shape index (κ1) is 9.71. The molecule has 2 aromatic rings. The Kier molecular flexibility index (Phi) is 2.58. The molecule has 0 saturated carbocycles. The zero-order valence-corrected chi connectivity index (χ0v) is 9.10. The lowest BCUT2D eigenvalue weighted by Gasteiger charge is -1.96. The summed E-state index contributed by atoms with van der Waals surface area (Å²) >= 11 is 7.17. The van der Waals surface area contributed by atoms with Gasteiger partial charge in [0.15, 0.2) is 16.0 Å². The second-order valence-corrected chi connectivity index (χ2v) is 4.20. The van der Waals surface area contributed by atoms with Crippen LogP contribution in [-0.2, 0) is 0 Å². The molecule has 0 aromatic carbocycles. The molecule has 1 unspecified atom stereocenters. The fraction of sp³-hybridized carbons (Fsp3) is 0.222. The van der Waals surface area contributed by atoms with Gasteiger partial charge in [-0.1, -0.05) is 0 Å². The van der Waals surface area contributed by atoms with Crippen molar-refractivity contribution in [2.24, 2.45) is 5.73 Å². The normalized spacial score (nSPS) is 13.1. The molecule has 0 saturated heterocycles. The number of thiazole rings is 1. The molecule has 1 atom stereocenters. The molecule has 2 heterocycles. The predicted octanol–water partition coefficient (Wildman–Crippen LogP) is 3.08. The lowest BCUT2D eigenvalue weighted by atomic mass is 10.3. The average Bonchev–Trinajstić information content (AvgIpc) is 2.70.